The summed E-state index contributed by atoms with van der Waals surface area (Å²) < 4.78 is 6.50. The fourth-order valence-electron chi connectivity index (χ4n) is 2.56. The maximum absolute atomic E-state index is 6.48. The Kier molecular flexibility index (Phi) is 6.09. The summed E-state index contributed by atoms with van der Waals surface area (Å²) in [6, 6.07) is 12.0. The number of methoxy groups -OCH3 is 1. The van der Waals surface area contributed by atoms with Gasteiger partial charge >= 0.3 is 0 Å². The lowest BCUT2D eigenvalue weighted by atomic mass is 10.2. The predicted octanol–water partition coefficient (Wildman–Crippen LogP) is 5.14. The van der Waals surface area contributed by atoms with E-state index in [4.69, 9.17) is 16.3 Å². The number of thioether (sulfide) groups is 1. The summed E-state index contributed by atoms with van der Waals surface area (Å²) in [6.07, 6.45) is 1.07. The molecule has 126 valence electrons. The molecule has 0 atom stereocenters. The van der Waals surface area contributed by atoms with Crippen molar-refractivity contribution in [2.24, 2.45) is 4.99 Å². The maximum atomic E-state index is 6.48. The molecule has 0 radical (unpaired) electrons. The Morgan fingerprint density at radius 2 is 2.21 bits per heavy atom. The van der Waals surface area contributed by atoms with E-state index in [1.165, 1.54) is 0 Å². The predicted molar refractivity (Wildman–Crippen MR) is 106 cm³/mol. The van der Waals surface area contributed by atoms with Crippen molar-refractivity contribution in [1.82, 2.24) is 5.32 Å². The smallest absolute Gasteiger partial charge is 0.129 e. The average molecular weight is 426 g/mol. The van der Waals surface area contributed by atoms with Crippen LogP contribution < -0.4 is 10.1 Å². The van der Waals surface area contributed by atoms with E-state index in [0.717, 1.165) is 62.4 Å². The van der Waals surface area contributed by atoms with Gasteiger partial charge in [0.15, 0.2) is 0 Å². The Hall–Kier alpha value is -1.17. The molecule has 1 N–H and O–H groups in total. The third kappa shape index (κ3) is 4.08. The minimum atomic E-state index is 0.751. The topological polar surface area (TPSA) is 33.6 Å². The van der Waals surface area contributed by atoms with Crippen LogP contribution >= 0.6 is 39.3 Å². The van der Waals surface area contributed by atoms with Gasteiger partial charge in [-0.1, -0.05) is 39.7 Å². The van der Waals surface area contributed by atoms with Crippen LogP contribution in [0, 0.1) is 0 Å². The van der Waals surface area contributed by atoms with Crippen molar-refractivity contribution in [1.29, 1.82) is 0 Å². The van der Waals surface area contributed by atoms with Crippen molar-refractivity contribution in [3.8, 4) is 5.75 Å². The lowest BCUT2D eigenvalue weighted by Crippen LogP contribution is -2.30. The molecule has 2 aromatic rings. The summed E-state index contributed by atoms with van der Waals surface area (Å²) in [7, 11) is 1.69. The Morgan fingerprint density at radius 3 is 2.96 bits per heavy atom. The highest BCUT2D eigenvalue weighted by Gasteiger charge is 2.15. The molecule has 0 spiro atoms. The van der Waals surface area contributed by atoms with Crippen molar-refractivity contribution in [3.63, 3.8) is 0 Å². The van der Waals surface area contributed by atoms with Crippen LogP contribution in [-0.4, -0.2) is 26.0 Å². The van der Waals surface area contributed by atoms with Gasteiger partial charge in [0, 0.05) is 39.3 Å². The molecule has 3 rings (SSSR count). The molecule has 1 heterocycles. The number of hydrogen-bond donors (Lipinski definition) is 1. The van der Waals surface area contributed by atoms with Crippen LogP contribution in [-0.2, 0) is 5.75 Å². The van der Waals surface area contributed by atoms with Crippen molar-refractivity contribution >= 4 is 45.1 Å². The largest absolute Gasteiger partial charge is 0.496 e. The Morgan fingerprint density at radius 1 is 1.33 bits per heavy atom. The number of hydrogen-bond acceptors (Lipinski definition) is 4. The SMILES string of the molecule is COc1ccc(Br)cc1CSc1c(Cl)cccc1C1=NCCCN1. The third-order valence-corrected chi connectivity index (χ3v) is 5.84. The molecule has 1 aliphatic heterocycles. The first kappa shape index (κ1) is 17.6. The fourth-order valence-corrected chi connectivity index (χ4v) is 4.36. The second-order valence-corrected chi connectivity index (χ2v) is 7.68. The summed E-state index contributed by atoms with van der Waals surface area (Å²) in [5, 5.41) is 4.13. The van der Waals surface area contributed by atoms with E-state index in [1.807, 2.05) is 24.3 Å². The first-order chi connectivity index (χ1) is 11.7. The van der Waals surface area contributed by atoms with E-state index >= 15 is 0 Å². The van der Waals surface area contributed by atoms with Crippen LogP contribution in [0.1, 0.15) is 17.5 Å². The molecule has 3 nitrogen and oxygen atoms in total. The quantitative estimate of drug-likeness (QED) is 0.673. The molecule has 0 fully saturated rings. The monoisotopic (exact) mass is 424 g/mol. The van der Waals surface area contributed by atoms with Crippen LogP contribution in [0.5, 0.6) is 5.75 Å². The molecule has 0 bridgehead atoms. The first-order valence-corrected chi connectivity index (χ1v) is 9.87. The number of amidine groups is 1. The van der Waals surface area contributed by atoms with Gasteiger partial charge in [-0.3, -0.25) is 4.99 Å². The van der Waals surface area contributed by atoms with Gasteiger partial charge in [-0.2, -0.15) is 0 Å². The minimum absolute atomic E-state index is 0.751. The summed E-state index contributed by atoms with van der Waals surface area (Å²) in [5.41, 5.74) is 2.20. The van der Waals surface area contributed by atoms with E-state index in [2.05, 4.69) is 38.4 Å². The zero-order valence-electron chi connectivity index (χ0n) is 13.3. The summed E-state index contributed by atoms with van der Waals surface area (Å²) in [5.74, 6) is 2.59. The minimum Gasteiger partial charge on any atom is -0.496 e. The number of nitrogens with zero attached hydrogens (tertiary/aromatic N) is 1. The number of nitrogens with one attached hydrogen (secondary N) is 1. The van der Waals surface area contributed by atoms with Gasteiger partial charge in [0.1, 0.15) is 11.6 Å². The van der Waals surface area contributed by atoms with E-state index in [9.17, 15) is 0 Å². The normalized spacial score (nSPS) is 14.0. The van der Waals surface area contributed by atoms with E-state index < -0.39 is 0 Å². The van der Waals surface area contributed by atoms with E-state index in [-0.39, 0.29) is 0 Å². The Balaban J connectivity index is 1.88. The van der Waals surface area contributed by atoms with Gasteiger partial charge in [-0.25, -0.2) is 0 Å². The van der Waals surface area contributed by atoms with Gasteiger partial charge in [0.2, 0.25) is 0 Å². The van der Waals surface area contributed by atoms with Crippen LogP contribution in [0.15, 0.2) is 50.8 Å². The molecular weight excluding hydrogens is 408 g/mol. The highest BCUT2D eigenvalue weighted by atomic mass is 79.9. The van der Waals surface area contributed by atoms with Crippen molar-refractivity contribution in [3.05, 3.63) is 57.0 Å². The Labute approximate surface area is 160 Å². The van der Waals surface area contributed by atoms with Gasteiger partial charge in [-0.05, 0) is 30.7 Å². The summed E-state index contributed by atoms with van der Waals surface area (Å²) in [6.45, 7) is 1.81. The molecule has 0 saturated carbocycles. The van der Waals surface area contributed by atoms with Crippen LogP contribution in [0.25, 0.3) is 0 Å². The summed E-state index contributed by atoms with van der Waals surface area (Å²) >= 11 is 11.7. The molecule has 2 aromatic carbocycles. The van der Waals surface area contributed by atoms with Gasteiger partial charge in [-0.15, -0.1) is 11.8 Å². The highest BCUT2D eigenvalue weighted by Crippen LogP contribution is 2.36. The molecule has 6 heteroatoms. The lowest BCUT2D eigenvalue weighted by Gasteiger charge is -2.18. The third-order valence-electron chi connectivity index (χ3n) is 3.73. The molecule has 1 aliphatic rings. The van der Waals surface area contributed by atoms with Crippen molar-refractivity contribution in [2.75, 3.05) is 20.2 Å². The zero-order chi connectivity index (χ0) is 16.9. The molecule has 0 saturated heterocycles. The van der Waals surface area contributed by atoms with Gasteiger partial charge in [0.25, 0.3) is 0 Å². The second kappa shape index (κ2) is 8.28. The number of benzene rings is 2. The van der Waals surface area contributed by atoms with E-state index in [0.29, 0.717) is 0 Å². The molecule has 0 aliphatic carbocycles. The average Bonchev–Trinajstić information content (AvgIpc) is 2.61. The summed E-state index contributed by atoms with van der Waals surface area (Å²) in [4.78, 5) is 5.66. The van der Waals surface area contributed by atoms with E-state index in [1.54, 1.807) is 18.9 Å². The molecular formula is C18H18BrClN2OS. The van der Waals surface area contributed by atoms with Crippen LogP contribution in [0.4, 0.5) is 0 Å². The number of rotatable bonds is 5. The highest BCUT2D eigenvalue weighted by molar-refractivity contribution is 9.10. The van der Waals surface area contributed by atoms with Crippen LogP contribution in [0.3, 0.4) is 0 Å². The molecule has 0 aromatic heterocycles. The first-order valence-electron chi connectivity index (χ1n) is 7.71. The van der Waals surface area contributed by atoms with Crippen molar-refractivity contribution < 1.29 is 4.74 Å². The number of aliphatic imine (C=N–C) groups is 1. The number of ether oxygens (including phenoxy) is 1. The van der Waals surface area contributed by atoms with Crippen LogP contribution in [0.2, 0.25) is 5.02 Å². The second-order valence-electron chi connectivity index (χ2n) is 5.37. The van der Waals surface area contributed by atoms with Crippen molar-refractivity contribution in [2.45, 2.75) is 17.1 Å². The molecule has 0 unspecified atom stereocenters. The molecule has 0 amide bonds. The standard InChI is InChI=1S/C18H18BrClN2OS/c1-23-16-7-6-13(19)10-12(16)11-24-17-14(4-2-5-15(17)20)18-21-8-3-9-22-18/h2,4-7,10H,3,8-9,11H2,1H3,(H,21,22). The van der Waals surface area contributed by atoms with Gasteiger partial charge in [0.05, 0.1) is 12.1 Å². The lowest BCUT2D eigenvalue weighted by molar-refractivity contribution is 0.411. The van der Waals surface area contributed by atoms with Gasteiger partial charge < -0.3 is 10.1 Å². The number of halogens is 2. The fraction of sp³-hybridized carbons (Fsp3) is 0.278. The maximum Gasteiger partial charge on any atom is 0.129 e. The molecule has 24 heavy (non-hydrogen) atoms. The Bertz CT molecular complexity index is 767. The zero-order valence-corrected chi connectivity index (χ0v) is 16.5.